The van der Waals surface area contributed by atoms with Gasteiger partial charge in [0.25, 0.3) is 11.8 Å². The molecule has 278 valence electrons. The number of amides is 4. The van der Waals surface area contributed by atoms with Crippen LogP contribution in [0.1, 0.15) is 50.5 Å². The number of nitro groups is 1. The van der Waals surface area contributed by atoms with Gasteiger partial charge in [-0.25, -0.2) is 9.62 Å². The van der Waals surface area contributed by atoms with Gasteiger partial charge in [0.2, 0.25) is 17.3 Å². The maximum Gasteiger partial charge on any atom is 0.300 e. The first kappa shape index (κ1) is 34.3. The summed E-state index contributed by atoms with van der Waals surface area (Å²) in [6, 6.07) is 8.03. The van der Waals surface area contributed by atoms with Crippen molar-refractivity contribution in [1.82, 2.24) is 29.9 Å². The normalized spacial score (nSPS) is 29.0. The van der Waals surface area contributed by atoms with Crippen molar-refractivity contribution in [2.24, 2.45) is 10.9 Å². The Morgan fingerprint density at radius 3 is 2.63 bits per heavy atom. The predicted molar refractivity (Wildman–Crippen MR) is 195 cm³/mol. The molecule has 9 rings (SSSR count). The molecule has 0 bridgehead atoms. The number of non-ortho nitro benzene ring substituents is 1. The molecule has 0 unspecified atom stereocenters. The fourth-order valence-corrected chi connectivity index (χ4v) is 9.69. The third kappa shape index (κ3) is 5.34. The molecule has 1 aromatic heterocycles. The summed E-state index contributed by atoms with van der Waals surface area (Å²) in [4.78, 5) is 80.7. The standard InChI is InChI=1S/C38H37ClN8O7/c39-26-7-2-1-5-23(26)21-28(40-27-11-13-29(47(52)53)32-31(27)41-54-42-32)34(48)45-19-4-16-38(45)17-14-25-10-12-30(46(25)37(38)51)35(49)44-20-15-22-8-9-24-6-3-18-43(24)36(50)33(22)44/h1-2,5,7-9,11,13-14,17,22,24-25,30,33H,3-4,6,10,12,15-16,18-21H2/b40-28-/t22-,24+,25-,30-,33-,38+/m0/s1. The van der Waals surface area contributed by atoms with Crippen LogP contribution in [0.2, 0.25) is 5.02 Å². The van der Waals surface area contributed by atoms with Crippen molar-refractivity contribution in [3.63, 3.8) is 0 Å². The van der Waals surface area contributed by atoms with E-state index in [4.69, 9.17) is 21.2 Å². The summed E-state index contributed by atoms with van der Waals surface area (Å²) in [6.45, 7) is 1.37. The Kier molecular flexibility index (Phi) is 8.36. The van der Waals surface area contributed by atoms with Gasteiger partial charge in [-0.2, -0.15) is 0 Å². The summed E-state index contributed by atoms with van der Waals surface area (Å²) in [6.07, 6.45) is 12.4. The number of hydrogen-bond acceptors (Lipinski definition) is 10. The highest BCUT2D eigenvalue weighted by atomic mass is 35.5. The van der Waals surface area contributed by atoms with Crippen molar-refractivity contribution in [2.75, 3.05) is 19.6 Å². The van der Waals surface area contributed by atoms with E-state index in [-0.39, 0.29) is 76.8 Å². The molecular weight excluding hydrogens is 716 g/mol. The zero-order valence-corrected chi connectivity index (χ0v) is 30.0. The van der Waals surface area contributed by atoms with E-state index in [1.807, 2.05) is 17.1 Å². The predicted octanol–water partition coefficient (Wildman–Crippen LogP) is 4.17. The fourth-order valence-electron chi connectivity index (χ4n) is 9.49. The van der Waals surface area contributed by atoms with Crippen LogP contribution < -0.4 is 0 Å². The van der Waals surface area contributed by atoms with Gasteiger partial charge in [0.05, 0.1) is 22.7 Å². The molecule has 0 N–H and O–H groups in total. The maximum atomic E-state index is 14.9. The second kappa shape index (κ2) is 13.1. The number of nitrogens with zero attached hydrogens (tertiary/aromatic N) is 8. The van der Waals surface area contributed by atoms with Crippen LogP contribution in [0.5, 0.6) is 0 Å². The highest BCUT2D eigenvalue weighted by Gasteiger charge is 2.58. The molecule has 0 saturated carbocycles. The number of fused-ring (bicyclic) bond motifs is 4. The number of hydrogen-bond donors (Lipinski definition) is 0. The molecule has 4 fully saturated rings. The average Bonchev–Trinajstić information content (AvgIpc) is 4.01. The van der Waals surface area contributed by atoms with Gasteiger partial charge in [0.1, 0.15) is 23.3 Å². The molecule has 0 radical (unpaired) electrons. The number of carbonyl (C=O) groups is 4. The molecule has 0 aliphatic carbocycles. The molecule has 6 aliphatic heterocycles. The van der Waals surface area contributed by atoms with E-state index in [0.29, 0.717) is 55.8 Å². The molecule has 4 amide bonds. The lowest BCUT2D eigenvalue weighted by Crippen LogP contribution is -2.64. The summed E-state index contributed by atoms with van der Waals surface area (Å²) in [5.41, 5.74) is -1.03. The third-order valence-electron chi connectivity index (χ3n) is 12.1. The Hall–Kier alpha value is -5.44. The molecule has 54 heavy (non-hydrogen) atoms. The first-order valence-electron chi connectivity index (χ1n) is 18.5. The Morgan fingerprint density at radius 1 is 0.963 bits per heavy atom. The average molecular weight is 753 g/mol. The summed E-state index contributed by atoms with van der Waals surface area (Å²) in [5, 5.41) is 19.6. The van der Waals surface area contributed by atoms with Crippen LogP contribution in [0.3, 0.4) is 0 Å². The van der Waals surface area contributed by atoms with Crippen molar-refractivity contribution >= 4 is 63.3 Å². The summed E-state index contributed by atoms with van der Waals surface area (Å²) < 4.78 is 4.84. The number of nitro benzene ring substituents is 1. The number of benzene rings is 2. The van der Waals surface area contributed by atoms with Crippen LogP contribution in [0.15, 0.2) is 70.3 Å². The molecule has 2 aromatic carbocycles. The van der Waals surface area contributed by atoms with Gasteiger partial charge >= 0.3 is 5.69 Å². The van der Waals surface area contributed by atoms with Gasteiger partial charge in [-0.15, -0.1) is 0 Å². The second-order valence-electron chi connectivity index (χ2n) is 14.9. The van der Waals surface area contributed by atoms with E-state index in [1.165, 1.54) is 17.0 Å². The van der Waals surface area contributed by atoms with Gasteiger partial charge in [-0.1, -0.05) is 54.1 Å². The quantitative estimate of drug-likeness (QED) is 0.155. The van der Waals surface area contributed by atoms with Crippen LogP contribution in [0, 0.1) is 16.0 Å². The first-order chi connectivity index (χ1) is 26.2. The third-order valence-corrected chi connectivity index (χ3v) is 12.5. The fraction of sp³-hybridized carbons (Fsp3) is 0.447. The van der Waals surface area contributed by atoms with Crippen LogP contribution in [0.4, 0.5) is 11.4 Å². The molecule has 3 aromatic rings. The number of carbonyl (C=O) groups excluding carboxylic acids is 4. The van der Waals surface area contributed by atoms with Crippen LogP contribution in [-0.2, 0) is 25.6 Å². The topological polar surface area (TPSA) is 176 Å². The minimum absolute atomic E-state index is 0.00624. The Bertz CT molecular complexity index is 2200. The maximum absolute atomic E-state index is 14.9. The van der Waals surface area contributed by atoms with E-state index in [1.54, 1.807) is 34.1 Å². The van der Waals surface area contributed by atoms with E-state index in [0.717, 1.165) is 12.8 Å². The van der Waals surface area contributed by atoms with E-state index in [9.17, 15) is 29.3 Å². The molecule has 1 spiro atoms. The monoisotopic (exact) mass is 752 g/mol. The Balaban J connectivity index is 1.04. The van der Waals surface area contributed by atoms with Gasteiger partial charge < -0.3 is 19.6 Å². The molecular formula is C38H37ClN8O7. The summed E-state index contributed by atoms with van der Waals surface area (Å²) in [5.74, 6) is -1.14. The lowest BCUT2D eigenvalue weighted by atomic mass is 9.88. The summed E-state index contributed by atoms with van der Waals surface area (Å²) >= 11 is 6.55. The first-order valence-corrected chi connectivity index (χ1v) is 18.9. The number of halogens is 1. The minimum Gasteiger partial charge on any atom is -0.334 e. The van der Waals surface area contributed by atoms with Crippen molar-refractivity contribution in [2.45, 2.75) is 81.1 Å². The molecule has 6 atom stereocenters. The number of rotatable bonds is 6. The van der Waals surface area contributed by atoms with Crippen LogP contribution in [-0.4, -0.2) is 114 Å². The van der Waals surface area contributed by atoms with Crippen molar-refractivity contribution < 1.29 is 28.7 Å². The lowest BCUT2D eigenvalue weighted by molar-refractivity contribution is -0.383. The van der Waals surface area contributed by atoms with E-state index in [2.05, 4.69) is 22.5 Å². The van der Waals surface area contributed by atoms with Gasteiger partial charge in [-0.3, -0.25) is 29.3 Å². The Morgan fingerprint density at radius 2 is 1.80 bits per heavy atom. The minimum atomic E-state index is -1.37. The molecule has 4 saturated heterocycles. The largest absolute Gasteiger partial charge is 0.334 e. The zero-order valence-electron chi connectivity index (χ0n) is 29.3. The molecule has 7 heterocycles. The highest BCUT2D eigenvalue weighted by molar-refractivity contribution is 6.41. The Labute approximate surface area is 314 Å². The van der Waals surface area contributed by atoms with E-state index < -0.39 is 28.5 Å². The van der Waals surface area contributed by atoms with Crippen LogP contribution >= 0.6 is 11.6 Å². The van der Waals surface area contributed by atoms with Gasteiger partial charge in [-0.05, 0) is 73.0 Å². The van der Waals surface area contributed by atoms with Crippen molar-refractivity contribution in [3.05, 3.63) is 81.4 Å². The number of likely N-dealkylation sites (tertiary alicyclic amines) is 2. The summed E-state index contributed by atoms with van der Waals surface area (Å²) in [7, 11) is 0. The molecule has 6 aliphatic rings. The second-order valence-corrected chi connectivity index (χ2v) is 15.3. The van der Waals surface area contributed by atoms with Gasteiger partial charge in [0, 0.05) is 43.1 Å². The van der Waals surface area contributed by atoms with Gasteiger partial charge in [0.15, 0.2) is 5.52 Å². The van der Waals surface area contributed by atoms with Crippen molar-refractivity contribution in [1.29, 1.82) is 0 Å². The lowest BCUT2D eigenvalue weighted by Gasteiger charge is -2.44. The molecule has 16 heteroatoms. The smallest absolute Gasteiger partial charge is 0.300 e. The van der Waals surface area contributed by atoms with Crippen molar-refractivity contribution in [3.8, 4) is 0 Å². The van der Waals surface area contributed by atoms with E-state index >= 15 is 0 Å². The zero-order chi connectivity index (χ0) is 37.3. The highest BCUT2D eigenvalue weighted by Crippen LogP contribution is 2.43. The van der Waals surface area contributed by atoms with Crippen LogP contribution in [0.25, 0.3) is 11.0 Å². The number of aliphatic imine (C=N–C) groups is 1. The molecule has 15 nitrogen and oxygen atoms in total. The SMILES string of the molecule is O=C([C@@H]1CC[C@H]2C=C[C@]3(CCCN3C(=O)/C(Cc3ccccc3Cl)=N\c3ccc([N+](=O)[O-])c4nonc34)C(=O)N21)N1CC[C@@H]2C=C[C@H]3CCCN3C(=O)[C@H]21. The number of aromatic nitrogens is 2.